The number of azo groups is 1. The number of rotatable bonds is 4. The molecule has 9 nitrogen and oxygen atoms in total. The van der Waals surface area contributed by atoms with Gasteiger partial charge < -0.3 is 25.8 Å². The van der Waals surface area contributed by atoms with Crippen molar-refractivity contribution >= 4 is 28.8 Å². The molecule has 0 aliphatic carbocycles. The van der Waals surface area contributed by atoms with Crippen molar-refractivity contribution < 1.29 is 14.3 Å². The van der Waals surface area contributed by atoms with Crippen LogP contribution in [0.5, 0.6) is 5.75 Å². The van der Waals surface area contributed by atoms with Gasteiger partial charge in [-0.1, -0.05) is 12.1 Å². The van der Waals surface area contributed by atoms with Crippen LogP contribution in [0.2, 0.25) is 0 Å². The van der Waals surface area contributed by atoms with Gasteiger partial charge in [-0.05, 0) is 49.6 Å². The van der Waals surface area contributed by atoms with Gasteiger partial charge >= 0.3 is 6.09 Å². The molecule has 0 spiro atoms. The Morgan fingerprint density at radius 1 is 0.969 bits per heavy atom. The summed E-state index contributed by atoms with van der Waals surface area (Å²) in [6.45, 7) is 4.86. The van der Waals surface area contributed by atoms with Crippen LogP contribution >= 0.6 is 0 Å². The van der Waals surface area contributed by atoms with Crippen LogP contribution in [0.1, 0.15) is 19.3 Å². The molecule has 1 unspecified atom stereocenters. The van der Waals surface area contributed by atoms with Crippen LogP contribution in [0.4, 0.5) is 27.5 Å². The molecular weight excluding hydrogens is 408 g/mol. The summed E-state index contributed by atoms with van der Waals surface area (Å²) in [4.78, 5) is 17.2. The third-order valence-electron chi connectivity index (χ3n) is 5.90. The fraction of sp³-hybridized carbons (Fsp3) is 0.435. The number of nitrogens with two attached hydrogens (primary N) is 2. The molecule has 0 aromatic heterocycles. The Hall–Kier alpha value is -3.17. The highest BCUT2D eigenvalue weighted by molar-refractivity contribution is 5.73. The van der Waals surface area contributed by atoms with Gasteiger partial charge in [0.15, 0.2) is 5.75 Å². The van der Waals surface area contributed by atoms with Crippen molar-refractivity contribution in [3.63, 3.8) is 0 Å². The minimum atomic E-state index is -0.359. The van der Waals surface area contributed by atoms with Crippen LogP contribution in [0.25, 0.3) is 0 Å². The van der Waals surface area contributed by atoms with E-state index in [0.717, 1.165) is 45.6 Å². The van der Waals surface area contributed by atoms with Crippen molar-refractivity contribution in [2.24, 2.45) is 10.2 Å². The number of nitrogen functional groups attached to an aromatic ring is 2. The summed E-state index contributed by atoms with van der Waals surface area (Å²) in [5.41, 5.74) is 13.6. The number of hydrogen-bond acceptors (Lipinski definition) is 8. The highest BCUT2D eigenvalue weighted by Gasteiger charge is 2.27. The molecule has 2 aliphatic heterocycles. The minimum absolute atomic E-state index is 0.359. The highest BCUT2D eigenvalue weighted by Crippen LogP contribution is 2.31. The average Bonchev–Trinajstić information content (AvgIpc) is 3.06. The summed E-state index contributed by atoms with van der Waals surface area (Å²) >= 11 is 0. The fourth-order valence-electron chi connectivity index (χ4n) is 4.13. The maximum Gasteiger partial charge on any atom is 0.415 e. The molecule has 0 bridgehead atoms. The molecule has 2 fully saturated rings. The predicted molar refractivity (Wildman–Crippen MR) is 124 cm³/mol. The molecular formula is C23H30N6O3. The SMILES string of the molecule is Nc1ccc(/N=N/c2ccccc2OC(=O)N2CCCC(N3CCOCC3)CC2)c(N)c1. The van der Waals surface area contributed by atoms with E-state index < -0.39 is 0 Å². The van der Waals surface area contributed by atoms with Crippen molar-refractivity contribution in [3.05, 3.63) is 42.5 Å². The minimum Gasteiger partial charge on any atom is -0.408 e. The zero-order chi connectivity index (χ0) is 22.3. The molecule has 2 aliphatic rings. The number of carbonyl (C=O) groups is 1. The van der Waals surface area contributed by atoms with Crippen molar-refractivity contribution in [2.75, 3.05) is 50.9 Å². The first-order valence-corrected chi connectivity index (χ1v) is 11.0. The Labute approximate surface area is 188 Å². The molecule has 170 valence electrons. The van der Waals surface area contributed by atoms with Crippen LogP contribution in [0, 0.1) is 0 Å². The fourth-order valence-corrected chi connectivity index (χ4v) is 4.13. The first kappa shape index (κ1) is 22.0. The monoisotopic (exact) mass is 438 g/mol. The average molecular weight is 439 g/mol. The zero-order valence-corrected chi connectivity index (χ0v) is 18.2. The van der Waals surface area contributed by atoms with E-state index in [1.54, 1.807) is 41.3 Å². The Bertz CT molecular complexity index is 960. The van der Waals surface area contributed by atoms with E-state index in [-0.39, 0.29) is 6.09 Å². The summed E-state index contributed by atoms with van der Waals surface area (Å²) in [5.74, 6) is 0.365. The molecule has 9 heteroatoms. The quantitative estimate of drug-likeness (QED) is 0.551. The first-order chi connectivity index (χ1) is 15.6. The second-order valence-electron chi connectivity index (χ2n) is 8.07. The predicted octanol–water partition coefficient (Wildman–Crippen LogP) is 3.95. The van der Waals surface area contributed by atoms with Gasteiger partial charge in [-0.3, -0.25) is 4.90 Å². The maximum absolute atomic E-state index is 12.9. The molecule has 1 amide bonds. The number of carbonyl (C=O) groups excluding carboxylic acids is 1. The van der Waals surface area contributed by atoms with E-state index in [4.69, 9.17) is 20.9 Å². The summed E-state index contributed by atoms with van der Waals surface area (Å²) in [7, 11) is 0. The summed E-state index contributed by atoms with van der Waals surface area (Å²) < 4.78 is 11.2. The van der Waals surface area contributed by atoms with Crippen molar-refractivity contribution in [1.82, 2.24) is 9.80 Å². The first-order valence-electron chi connectivity index (χ1n) is 11.0. The number of anilines is 2. The highest BCUT2D eigenvalue weighted by atomic mass is 16.6. The lowest BCUT2D eigenvalue weighted by Crippen LogP contribution is -2.44. The van der Waals surface area contributed by atoms with Gasteiger partial charge in [-0.2, -0.15) is 0 Å². The number of amides is 1. The molecule has 1 atom stereocenters. The molecule has 32 heavy (non-hydrogen) atoms. The molecule has 2 saturated heterocycles. The van der Waals surface area contributed by atoms with E-state index in [9.17, 15) is 4.79 Å². The summed E-state index contributed by atoms with van der Waals surface area (Å²) in [6, 6.07) is 12.6. The van der Waals surface area contributed by atoms with Gasteiger partial charge in [0.05, 0.1) is 18.9 Å². The summed E-state index contributed by atoms with van der Waals surface area (Å²) in [6.07, 6.45) is 2.61. The standard InChI is InChI=1S/C23H30N6O3/c24-17-7-8-20(19(25)16-17)26-27-21-5-1-2-6-22(21)32-23(30)29-10-3-4-18(9-11-29)28-12-14-31-15-13-28/h1-2,5-8,16,18H,3-4,9-15,24-25H2/b27-26+. The number of hydrogen-bond donors (Lipinski definition) is 2. The summed E-state index contributed by atoms with van der Waals surface area (Å²) in [5, 5.41) is 8.44. The molecule has 0 saturated carbocycles. The van der Waals surface area contributed by atoms with Gasteiger partial charge in [-0.15, -0.1) is 10.2 Å². The lowest BCUT2D eigenvalue weighted by Gasteiger charge is -2.33. The Morgan fingerprint density at radius 2 is 1.75 bits per heavy atom. The van der Waals surface area contributed by atoms with Gasteiger partial charge in [0.25, 0.3) is 0 Å². The van der Waals surface area contributed by atoms with E-state index in [1.807, 2.05) is 6.07 Å². The van der Waals surface area contributed by atoms with Gasteiger partial charge in [0.2, 0.25) is 0 Å². The largest absolute Gasteiger partial charge is 0.415 e. The number of ether oxygens (including phenoxy) is 2. The van der Waals surface area contributed by atoms with Crippen molar-refractivity contribution in [3.8, 4) is 5.75 Å². The number of benzene rings is 2. The van der Waals surface area contributed by atoms with E-state index in [0.29, 0.717) is 47.6 Å². The Kier molecular flexibility index (Phi) is 7.18. The molecule has 2 heterocycles. The molecule has 2 aromatic carbocycles. The smallest absolute Gasteiger partial charge is 0.408 e. The second-order valence-corrected chi connectivity index (χ2v) is 8.07. The van der Waals surface area contributed by atoms with Gasteiger partial charge in [0.1, 0.15) is 11.4 Å². The van der Waals surface area contributed by atoms with Crippen LogP contribution in [0.3, 0.4) is 0 Å². The number of nitrogens with zero attached hydrogens (tertiary/aromatic N) is 4. The maximum atomic E-state index is 12.9. The van der Waals surface area contributed by atoms with Crippen molar-refractivity contribution in [1.29, 1.82) is 0 Å². The third kappa shape index (κ3) is 5.54. The normalized spacial score (nSPS) is 20.2. The van der Waals surface area contributed by atoms with Crippen LogP contribution < -0.4 is 16.2 Å². The van der Waals surface area contributed by atoms with Gasteiger partial charge in [0, 0.05) is 37.9 Å². The van der Waals surface area contributed by atoms with E-state index in [2.05, 4.69) is 15.1 Å². The van der Waals surface area contributed by atoms with Crippen LogP contribution in [0.15, 0.2) is 52.7 Å². The number of morpholine rings is 1. The topological polar surface area (TPSA) is 119 Å². The molecule has 0 radical (unpaired) electrons. The van der Waals surface area contributed by atoms with E-state index >= 15 is 0 Å². The van der Waals surface area contributed by atoms with Crippen molar-refractivity contribution in [2.45, 2.75) is 25.3 Å². The molecule has 4 N–H and O–H groups in total. The number of para-hydroxylation sites is 1. The molecule has 4 rings (SSSR count). The second kappa shape index (κ2) is 10.4. The Morgan fingerprint density at radius 3 is 2.56 bits per heavy atom. The third-order valence-corrected chi connectivity index (χ3v) is 5.90. The van der Waals surface area contributed by atoms with E-state index in [1.165, 1.54) is 0 Å². The lowest BCUT2D eigenvalue weighted by molar-refractivity contribution is 0.0136. The lowest BCUT2D eigenvalue weighted by atomic mass is 10.1. The van der Waals surface area contributed by atoms with Crippen LogP contribution in [-0.4, -0.2) is 61.3 Å². The Balaban J connectivity index is 1.39. The zero-order valence-electron chi connectivity index (χ0n) is 18.2. The van der Waals surface area contributed by atoms with Gasteiger partial charge in [-0.25, -0.2) is 4.79 Å². The number of likely N-dealkylation sites (tertiary alicyclic amines) is 1. The van der Waals surface area contributed by atoms with Crippen LogP contribution in [-0.2, 0) is 4.74 Å². The molecule has 2 aromatic rings.